The maximum Gasteiger partial charge on any atom is 0.0487 e. The van der Waals surface area contributed by atoms with Crippen molar-refractivity contribution >= 4 is 0 Å². The lowest BCUT2D eigenvalue weighted by Crippen LogP contribution is -2.37. The first-order valence-corrected chi connectivity index (χ1v) is 7.43. The van der Waals surface area contributed by atoms with Crippen LogP contribution < -0.4 is 5.32 Å². The molecule has 0 aliphatic heterocycles. The van der Waals surface area contributed by atoms with Crippen LogP contribution in [0.2, 0.25) is 0 Å². The van der Waals surface area contributed by atoms with Crippen LogP contribution in [0.1, 0.15) is 47.0 Å². The van der Waals surface area contributed by atoms with Gasteiger partial charge in [-0.15, -0.1) is 0 Å². The fraction of sp³-hybridized carbons (Fsp3) is 1.00. The third-order valence-corrected chi connectivity index (χ3v) is 3.45. The van der Waals surface area contributed by atoms with Crippen molar-refractivity contribution in [3.63, 3.8) is 0 Å². The van der Waals surface area contributed by atoms with Crippen LogP contribution in [-0.2, 0) is 9.47 Å². The van der Waals surface area contributed by atoms with Gasteiger partial charge in [0.1, 0.15) is 0 Å². The number of rotatable bonds is 12. The standard InChI is InChI=1S/C15H33NO2/c1-6-9-16-14(4)15(13(2)3)8-12-18-11-7-10-17-5/h13-16H,6-12H2,1-5H3. The van der Waals surface area contributed by atoms with Gasteiger partial charge in [-0.05, 0) is 44.6 Å². The first kappa shape index (κ1) is 17.9. The number of nitrogens with one attached hydrogen (secondary N) is 1. The fourth-order valence-corrected chi connectivity index (χ4v) is 2.31. The van der Waals surface area contributed by atoms with Gasteiger partial charge in [0.05, 0.1) is 0 Å². The summed E-state index contributed by atoms with van der Waals surface area (Å²) in [7, 11) is 1.73. The molecule has 0 saturated carbocycles. The van der Waals surface area contributed by atoms with Gasteiger partial charge in [-0.2, -0.15) is 0 Å². The molecular formula is C15H33NO2. The van der Waals surface area contributed by atoms with E-state index in [0.717, 1.165) is 39.2 Å². The zero-order valence-electron chi connectivity index (χ0n) is 13.0. The fourth-order valence-electron chi connectivity index (χ4n) is 2.31. The minimum absolute atomic E-state index is 0.576. The lowest BCUT2D eigenvalue weighted by atomic mass is 9.86. The Kier molecular flexibility index (Phi) is 11.9. The first-order chi connectivity index (χ1) is 8.63. The molecule has 0 bridgehead atoms. The van der Waals surface area contributed by atoms with Crippen molar-refractivity contribution < 1.29 is 9.47 Å². The van der Waals surface area contributed by atoms with Gasteiger partial charge in [-0.1, -0.05) is 20.8 Å². The maximum atomic E-state index is 5.66. The van der Waals surface area contributed by atoms with Gasteiger partial charge >= 0.3 is 0 Å². The quantitative estimate of drug-likeness (QED) is 0.546. The molecule has 0 aliphatic carbocycles. The molecule has 0 spiro atoms. The zero-order chi connectivity index (χ0) is 13.8. The second-order valence-electron chi connectivity index (χ2n) is 5.40. The molecule has 0 aromatic rings. The summed E-state index contributed by atoms with van der Waals surface area (Å²) in [4.78, 5) is 0. The van der Waals surface area contributed by atoms with Gasteiger partial charge < -0.3 is 14.8 Å². The maximum absolute atomic E-state index is 5.66. The predicted molar refractivity (Wildman–Crippen MR) is 78.0 cm³/mol. The zero-order valence-corrected chi connectivity index (χ0v) is 13.0. The molecule has 110 valence electrons. The SMILES string of the molecule is CCCNC(C)C(CCOCCCOC)C(C)C. The number of hydrogen-bond donors (Lipinski definition) is 1. The molecule has 0 rings (SSSR count). The highest BCUT2D eigenvalue weighted by Crippen LogP contribution is 2.19. The van der Waals surface area contributed by atoms with Gasteiger partial charge in [-0.25, -0.2) is 0 Å². The summed E-state index contributed by atoms with van der Waals surface area (Å²) in [5.74, 6) is 1.39. The third-order valence-electron chi connectivity index (χ3n) is 3.45. The van der Waals surface area contributed by atoms with E-state index < -0.39 is 0 Å². The molecule has 2 unspecified atom stereocenters. The van der Waals surface area contributed by atoms with Crippen LogP contribution in [-0.4, -0.2) is 39.5 Å². The molecule has 3 nitrogen and oxygen atoms in total. The second-order valence-corrected chi connectivity index (χ2v) is 5.40. The van der Waals surface area contributed by atoms with E-state index in [4.69, 9.17) is 9.47 Å². The average Bonchev–Trinajstić information content (AvgIpc) is 2.34. The molecule has 0 saturated heterocycles. The topological polar surface area (TPSA) is 30.5 Å². The molecule has 2 atom stereocenters. The number of methoxy groups -OCH3 is 1. The van der Waals surface area contributed by atoms with E-state index in [2.05, 4.69) is 33.0 Å². The molecular weight excluding hydrogens is 226 g/mol. The highest BCUT2D eigenvalue weighted by molar-refractivity contribution is 4.74. The van der Waals surface area contributed by atoms with E-state index in [1.165, 1.54) is 6.42 Å². The molecule has 0 aliphatic rings. The van der Waals surface area contributed by atoms with Gasteiger partial charge in [0.15, 0.2) is 0 Å². The summed E-state index contributed by atoms with van der Waals surface area (Å²) < 4.78 is 10.7. The molecule has 0 fully saturated rings. The minimum Gasteiger partial charge on any atom is -0.385 e. The van der Waals surface area contributed by atoms with Gasteiger partial charge in [0.2, 0.25) is 0 Å². The highest BCUT2D eigenvalue weighted by Gasteiger charge is 2.19. The Labute approximate surface area is 114 Å². The second kappa shape index (κ2) is 11.9. The predicted octanol–water partition coefficient (Wildman–Crippen LogP) is 3.09. The van der Waals surface area contributed by atoms with Crippen LogP contribution >= 0.6 is 0 Å². The Morgan fingerprint density at radius 2 is 1.78 bits per heavy atom. The van der Waals surface area contributed by atoms with Crippen molar-refractivity contribution in [1.82, 2.24) is 5.32 Å². The van der Waals surface area contributed by atoms with E-state index in [-0.39, 0.29) is 0 Å². The molecule has 0 aromatic heterocycles. The van der Waals surface area contributed by atoms with Gasteiger partial charge in [0.25, 0.3) is 0 Å². The largest absolute Gasteiger partial charge is 0.385 e. The third kappa shape index (κ3) is 8.90. The summed E-state index contributed by atoms with van der Waals surface area (Å²) in [5, 5.41) is 3.60. The molecule has 1 N–H and O–H groups in total. The van der Waals surface area contributed by atoms with Crippen molar-refractivity contribution in [2.75, 3.05) is 33.5 Å². The van der Waals surface area contributed by atoms with Crippen LogP contribution in [0.3, 0.4) is 0 Å². The molecule has 18 heavy (non-hydrogen) atoms. The van der Waals surface area contributed by atoms with Crippen molar-refractivity contribution in [2.24, 2.45) is 11.8 Å². The Morgan fingerprint density at radius 1 is 1.06 bits per heavy atom. The van der Waals surface area contributed by atoms with E-state index in [1.54, 1.807) is 7.11 Å². The van der Waals surface area contributed by atoms with Crippen molar-refractivity contribution in [3.05, 3.63) is 0 Å². The normalized spacial score (nSPS) is 15.0. The summed E-state index contributed by atoms with van der Waals surface area (Å²) in [5.41, 5.74) is 0. The van der Waals surface area contributed by atoms with Crippen LogP contribution in [0.15, 0.2) is 0 Å². The van der Waals surface area contributed by atoms with E-state index in [0.29, 0.717) is 17.9 Å². The number of hydrogen-bond acceptors (Lipinski definition) is 3. The summed E-state index contributed by atoms with van der Waals surface area (Å²) in [6.07, 6.45) is 3.33. The minimum atomic E-state index is 0.576. The molecule has 3 heteroatoms. The monoisotopic (exact) mass is 259 g/mol. The lowest BCUT2D eigenvalue weighted by molar-refractivity contribution is 0.0845. The van der Waals surface area contributed by atoms with Crippen molar-refractivity contribution in [1.29, 1.82) is 0 Å². The molecule has 0 radical (unpaired) electrons. The van der Waals surface area contributed by atoms with Crippen molar-refractivity contribution in [2.45, 2.75) is 53.0 Å². The summed E-state index contributed by atoms with van der Waals surface area (Å²) in [6.45, 7) is 12.7. The Hall–Kier alpha value is -0.120. The van der Waals surface area contributed by atoms with E-state index in [1.807, 2.05) is 0 Å². The Balaban J connectivity index is 3.75. The highest BCUT2D eigenvalue weighted by atomic mass is 16.5. The molecule has 0 aromatic carbocycles. The molecule has 0 heterocycles. The average molecular weight is 259 g/mol. The van der Waals surface area contributed by atoms with Crippen LogP contribution in [0.5, 0.6) is 0 Å². The Bertz CT molecular complexity index is 174. The summed E-state index contributed by atoms with van der Waals surface area (Å²) in [6, 6.07) is 0.576. The van der Waals surface area contributed by atoms with Crippen LogP contribution in [0, 0.1) is 11.8 Å². The lowest BCUT2D eigenvalue weighted by Gasteiger charge is -2.28. The van der Waals surface area contributed by atoms with Gasteiger partial charge in [-0.3, -0.25) is 0 Å². The number of ether oxygens (including phenoxy) is 2. The van der Waals surface area contributed by atoms with Crippen LogP contribution in [0.25, 0.3) is 0 Å². The van der Waals surface area contributed by atoms with Crippen LogP contribution in [0.4, 0.5) is 0 Å². The first-order valence-electron chi connectivity index (χ1n) is 7.43. The van der Waals surface area contributed by atoms with E-state index in [9.17, 15) is 0 Å². The van der Waals surface area contributed by atoms with Gasteiger partial charge in [0, 0.05) is 33.0 Å². The van der Waals surface area contributed by atoms with Crippen molar-refractivity contribution in [3.8, 4) is 0 Å². The molecule has 0 amide bonds. The Morgan fingerprint density at radius 3 is 2.33 bits per heavy atom. The summed E-state index contributed by atoms with van der Waals surface area (Å²) >= 11 is 0. The van der Waals surface area contributed by atoms with E-state index >= 15 is 0 Å². The smallest absolute Gasteiger partial charge is 0.0487 e.